The first-order chi connectivity index (χ1) is 12.4. The summed E-state index contributed by atoms with van der Waals surface area (Å²) in [7, 11) is 0. The van der Waals surface area contributed by atoms with E-state index in [4.69, 9.17) is 0 Å². The van der Waals surface area contributed by atoms with Crippen LogP contribution >= 0.6 is 0 Å². The fourth-order valence-electron chi connectivity index (χ4n) is 3.19. The minimum atomic E-state index is -0.600. The van der Waals surface area contributed by atoms with Crippen LogP contribution in [0.25, 0.3) is 0 Å². The zero-order valence-corrected chi connectivity index (χ0v) is 15.3. The van der Waals surface area contributed by atoms with Crippen LogP contribution in [0.5, 0.6) is 0 Å². The highest BCUT2D eigenvalue weighted by atomic mass is 16.2. The first kappa shape index (κ1) is 18.0. The molecular formula is C19H24N4O3. The molecule has 2 aromatic rings. The van der Waals surface area contributed by atoms with Crippen molar-refractivity contribution >= 4 is 11.8 Å². The van der Waals surface area contributed by atoms with Crippen LogP contribution in [0.3, 0.4) is 0 Å². The van der Waals surface area contributed by atoms with Gasteiger partial charge in [0.25, 0.3) is 5.56 Å². The van der Waals surface area contributed by atoms with Gasteiger partial charge in [0, 0.05) is 6.54 Å². The van der Waals surface area contributed by atoms with Crippen LogP contribution in [0.1, 0.15) is 62.3 Å². The third-order valence-electron chi connectivity index (χ3n) is 4.70. The Bertz CT molecular complexity index is 925. The molecule has 0 fully saturated rings. The van der Waals surface area contributed by atoms with Crippen molar-refractivity contribution in [3.8, 4) is 0 Å². The number of urea groups is 1. The topological polar surface area (TPSA) is 96.0 Å². The predicted molar refractivity (Wildman–Crippen MR) is 101 cm³/mol. The van der Waals surface area contributed by atoms with Gasteiger partial charge in [-0.2, -0.15) is 0 Å². The summed E-state index contributed by atoms with van der Waals surface area (Å²) >= 11 is 0. The van der Waals surface area contributed by atoms with Crippen LogP contribution in [0.4, 0.5) is 10.6 Å². The van der Waals surface area contributed by atoms with Gasteiger partial charge in [0.1, 0.15) is 5.82 Å². The first-order valence-corrected chi connectivity index (χ1v) is 8.96. The Morgan fingerprint density at radius 3 is 2.42 bits per heavy atom. The van der Waals surface area contributed by atoms with Crippen LogP contribution in [0.15, 0.2) is 33.9 Å². The van der Waals surface area contributed by atoms with Gasteiger partial charge in [-0.3, -0.25) is 19.7 Å². The van der Waals surface area contributed by atoms with Gasteiger partial charge in [-0.05, 0) is 23.5 Å². The molecule has 1 aliphatic rings. The highest BCUT2D eigenvalue weighted by molar-refractivity contribution is 5.92. The number of aromatic amines is 1. The number of nitrogens with one attached hydrogen (secondary N) is 3. The lowest BCUT2D eigenvalue weighted by Crippen LogP contribution is -2.46. The van der Waals surface area contributed by atoms with E-state index in [-0.39, 0.29) is 5.82 Å². The first-order valence-electron chi connectivity index (χ1n) is 8.96. The van der Waals surface area contributed by atoms with E-state index in [9.17, 15) is 14.4 Å². The molecule has 1 unspecified atom stereocenters. The lowest BCUT2D eigenvalue weighted by atomic mass is 9.95. The number of carbonyl (C=O) groups is 1. The standard InChI is InChI=1S/C19H24N4O3/c1-4-5-10-23-16-14(17(24)22-19(23)26)15(20-18(25)21-16)13-8-6-12(7-9-13)11(2)3/h6-9,11,15H,4-5,10H2,1-3H3,(H2,20,21,25)(H,22,24,26). The molecular weight excluding hydrogens is 332 g/mol. The van der Waals surface area contributed by atoms with Gasteiger partial charge in [0.15, 0.2) is 0 Å². The van der Waals surface area contributed by atoms with E-state index in [0.29, 0.717) is 18.0 Å². The SMILES string of the molecule is CCCCn1c2c(c(=O)[nH]c1=O)C(c1ccc(C(C)C)cc1)NC(=O)N2. The lowest BCUT2D eigenvalue weighted by molar-refractivity contribution is 0.248. The minimum absolute atomic E-state index is 0.286. The van der Waals surface area contributed by atoms with E-state index in [0.717, 1.165) is 18.4 Å². The van der Waals surface area contributed by atoms with Gasteiger partial charge in [-0.25, -0.2) is 9.59 Å². The van der Waals surface area contributed by atoms with E-state index >= 15 is 0 Å². The molecule has 7 nitrogen and oxygen atoms in total. The zero-order valence-electron chi connectivity index (χ0n) is 15.3. The molecule has 3 rings (SSSR count). The summed E-state index contributed by atoms with van der Waals surface area (Å²) in [5.74, 6) is 0.676. The average molecular weight is 356 g/mol. The monoisotopic (exact) mass is 356 g/mol. The van der Waals surface area contributed by atoms with Crippen molar-refractivity contribution in [2.75, 3.05) is 5.32 Å². The Hall–Kier alpha value is -2.83. The van der Waals surface area contributed by atoms with Crippen LogP contribution in [-0.2, 0) is 6.54 Å². The fourth-order valence-corrected chi connectivity index (χ4v) is 3.19. The van der Waals surface area contributed by atoms with Crippen LogP contribution in [-0.4, -0.2) is 15.6 Å². The fraction of sp³-hybridized carbons (Fsp3) is 0.421. The Morgan fingerprint density at radius 1 is 1.12 bits per heavy atom. The number of hydrogen-bond donors (Lipinski definition) is 3. The smallest absolute Gasteiger partial charge is 0.327 e. The number of rotatable bonds is 5. The lowest BCUT2D eigenvalue weighted by Gasteiger charge is -2.28. The summed E-state index contributed by atoms with van der Waals surface area (Å²) in [6.45, 7) is 6.66. The van der Waals surface area contributed by atoms with Gasteiger partial charge in [-0.15, -0.1) is 0 Å². The second-order valence-corrected chi connectivity index (χ2v) is 6.88. The van der Waals surface area contributed by atoms with Crippen molar-refractivity contribution in [3.63, 3.8) is 0 Å². The number of carbonyl (C=O) groups excluding carboxylic acids is 1. The van der Waals surface area contributed by atoms with E-state index in [1.807, 2.05) is 31.2 Å². The molecule has 1 aliphatic heterocycles. The van der Waals surface area contributed by atoms with Crippen molar-refractivity contribution in [2.45, 2.75) is 52.1 Å². The number of hydrogen-bond acceptors (Lipinski definition) is 3. The van der Waals surface area contributed by atoms with Gasteiger partial charge in [0.05, 0.1) is 11.6 Å². The maximum absolute atomic E-state index is 12.5. The van der Waals surface area contributed by atoms with Gasteiger partial charge >= 0.3 is 11.7 Å². The van der Waals surface area contributed by atoms with Crippen molar-refractivity contribution < 1.29 is 4.79 Å². The molecule has 138 valence electrons. The minimum Gasteiger partial charge on any atom is -0.327 e. The Kier molecular flexibility index (Phi) is 4.97. The van der Waals surface area contributed by atoms with Gasteiger partial charge < -0.3 is 5.32 Å². The van der Waals surface area contributed by atoms with E-state index in [1.54, 1.807) is 0 Å². The zero-order chi connectivity index (χ0) is 18.8. The van der Waals surface area contributed by atoms with E-state index in [1.165, 1.54) is 10.1 Å². The summed E-state index contributed by atoms with van der Waals surface area (Å²) in [6, 6.07) is 6.79. The van der Waals surface area contributed by atoms with Crippen LogP contribution in [0.2, 0.25) is 0 Å². The largest absolute Gasteiger partial charge is 0.329 e. The third kappa shape index (κ3) is 3.29. The van der Waals surface area contributed by atoms with Crippen molar-refractivity contribution in [3.05, 3.63) is 61.8 Å². The molecule has 0 spiro atoms. The molecule has 1 aromatic carbocycles. The number of benzene rings is 1. The average Bonchev–Trinajstić information content (AvgIpc) is 2.60. The quantitative estimate of drug-likeness (QED) is 0.768. The summed E-state index contributed by atoms with van der Waals surface area (Å²) in [6.07, 6.45) is 1.67. The molecule has 7 heteroatoms. The second-order valence-electron chi connectivity index (χ2n) is 6.88. The molecule has 0 aliphatic carbocycles. The summed E-state index contributed by atoms with van der Waals surface area (Å²) in [5.41, 5.74) is 1.35. The molecule has 3 N–H and O–H groups in total. The molecule has 26 heavy (non-hydrogen) atoms. The number of H-pyrrole nitrogens is 1. The molecule has 2 heterocycles. The summed E-state index contributed by atoms with van der Waals surface area (Å²) < 4.78 is 1.44. The predicted octanol–water partition coefficient (Wildman–Crippen LogP) is 2.68. The van der Waals surface area contributed by atoms with Crippen LogP contribution in [0, 0.1) is 0 Å². The Morgan fingerprint density at radius 2 is 1.81 bits per heavy atom. The number of unbranched alkanes of at least 4 members (excludes halogenated alkanes) is 1. The van der Waals surface area contributed by atoms with Gasteiger partial charge in [-0.1, -0.05) is 51.5 Å². The number of amides is 2. The molecule has 0 saturated heterocycles. The van der Waals surface area contributed by atoms with Crippen molar-refractivity contribution in [1.29, 1.82) is 0 Å². The maximum atomic E-state index is 12.5. The third-order valence-corrected chi connectivity index (χ3v) is 4.70. The number of fused-ring (bicyclic) bond motifs is 1. The molecule has 2 amide bonds. The van der Waals surface area contributed by atoms with Crippen molar-refractivity contribution in [2.24, 2.45) is 0 Å². The molecule has 0 bridgehead atoms. The summed E-state index contributed by atoms with van der Waals surface area (Å²) in [4.78, 5) is 39.3. The normalized spacial score (nSPS) is 16.2. The highest BCUT2D eigenvalue weighted by Crippen LogP contribution is 2.29. The van der Waals surface area contributed by atoms with Crippen molar-refractivity contribution in [1.82, 2.24) is 14.9 Å². The highest BCUT2D eigenvalue weighted by Gasteiger charge is 2.31. The number of aromatic nitrogens is 2. The summed E-state index contributed by atoms with van der Waals surface area (Å²) in [5, 5.41) is 5.44. The molecule has 1 aromatic heterocycles. The van der Waals surface area contributed by atoms with Crippen LogP contribution < -0.4 is 21.9 Å². The van der Waals surface area contributed by atoms with E-state index < -0.39 is 23.3 Å². The Labute approximate surface area is 151 Å². The molecule has 0 saturated carbocycles. The number of anilines is 1. The van der Waals surface area contributed by atoms with E-state index in [2.05, 4.69) is 29.5 Å². The second kappa shape index (κ2) is 7.19. The maximum Gasteiger partial charge on any atom is 0.329 e. The van der Waals surface area contributed by atoms with Gasteiger partial charge in [0.2, 0.25) is 0 Å². The molecule has 1 atom stereocenters. The Balaban J connectivity index is 2.13. The number of nitrogens with zero attached hydrogens (tertiary/aromatic N) is 1. The molecule has 0 radical (unpaired) electrons.